The summed E-state index contributed by atoms with van der Waals surface area (Å²) < 4.78 is 12.9. The van der Waals surface area contributed by atoms with Crippen LogP contribution in [0.25, 0.3) is 0 Å². The predicted molar refractivity (Wildman–Crippen MR) is 58.5 cm³/mol. The first kappa shape index (κ1) is 11.9. The molecule has 0 spiro atoms. The van der Waals surface area contributed by atoms with Gasteiger partial charge in [-0.15, -0.1) is 6.58 Å². The summed E-state index contributed by atoms with van der Waals surface area (Å²) in [5.41, 5.74) is 5.69. The first-order valence-electron chi connectivity index (χ1n) is 4.42. The summed E-state index contributed by atoms with van der Waals surface area (Å²) in [6, 6.07) is 2.90. The number of halogens is 2. The van der Waals surface area contributed by atoms with Gasteiger partial charge in [0, 0.05) is 5.56 Å². The molecule has 0 amide bonds. The number of Topliss-reactive ketones (excluding diaryl/α,β-unsaturated/α-hetero) is 1. The molecule has 0 aliphatic heterocycles. The van der Waals surface area contributed by atoms with Crippen molar-refractivity contribution in [2.24, 2.45) is 5.73 Å². The van der Waals surface area contributed by atoms with Crippen molar-refractivity contribution < 1.29 is 9.18 Å². The SMILES string of the molecule is C=CCC(N)C(=O)c1cc(F)ccc1Cl. The molecule has 1 aromatic rings. The first-order valence-corrected chi connectivity index (χ1v) is 4.79. The Labute approximate surface area is 92.5 Å². The Hall–Kier alpha value is -1.19. The lowest BCUT2D eigenvalue weighted by molar-refractivity contribution is 0.0962. The molecule has 1 atom stereocenters. The second-order valence-electron chi connectivity index (χ2n) is 3.12. The average Bonchev–Trinajstić information content (AvgIpc) is 2.21. The van der Waals surface area contributed by atoms with Crippen LogP contribution in [0, 0.1) is 5.82 Å². The summed E-state index contributed by atoms with van der Waals surface area (Å²) in [6.45, 7) is 3.48. The van der Waals surface area contributed by atoms with Crippen molar-refractivity contribution in [3.8, 4) is 0 Å². The number of hydrogen-bond donors (Lipinski definition) is 1. The Kier molecular flexibility index (Phi) is 4.00. The van der Waals surface area contributed by atoms with Gasteiger partial charge in [0.2, 0.25) is 0 Å². The average molecular weight is 228 g/mol. The Bertz CT molecular complexity index is 392. The molecule has 2 nitrogen and oxygen atoms in total. The number of carbonyl (C=O) groups excluding carboxylic acids is 1. The van der Waals surface area contributed by atoms with Crippen LogP contribution < -0.4 is 5.73 Å². The van der Waals surface area contributed by atoms with E-state index in [0.717, 1.165) is 6.07 Å². The van der Waals surface area contributed by atoms with Gasteiger partial charge in [0.1, 0.15) is 5.82 Å². The molecular formula is C11H11ClFNO. The Balaban J connectivity index is 2.99. The smallest absolute Gasteiger partial charge is 0.181 e. The highest BCUT2D eigenvalue weighted by Gasteiger charge is 2.17. The molecule has 1 aromatic carbocycles. The van der Waals surface area contributed by atoms with Crippen LogP contribution in [0.5, 0.6) is 0 Å². The largest absolute Gasteiger partial charge is 0.321 e. The fraction of sp³-hybridized carbons (Fsp3) is 0.182. The van der Waals surface area contributed by atoms with Crippen molar-refractivity contribution in [3.63, 3.8) is 0 Å². The molecule has 0 bridgehead atoms. The van der Waals surface area contributed by atoms with E-state index < -0.39 is 11.9 Å². The molecular weight excluding hydrogens is 217 g/mol. The molecule has 0 fully saturated rings. The van der Waals surface area contributed by atoms with E-state index in [4.69, 9.17) is 17.3 Å². The van der Waals surface area contributed by atoms with E-state index in [0.29, 0.717) is 6.42 Å². The molecule has 80 valence electrons. The van der Waals surface area contributed by atoms with Crippen LogP contribution >= 0.6 is 11.6 Å². The highest BCUT2D eigenvalue weighted by molar-refractivity contribution is 6.34. The summed E-state index contributed by atoms with van der Waals surface area (Å²) in [4.78, 5) is 11.7. The predicted octanol–water partition coefficient (Wildman–Crippen LogP) is 2.57. The molecule has 0 aliphatic rings. The van der Waals surface area contributed by atoms with E-state index in [1.165, 1.54) is 18.2 Å². The van der Waals surface area contributed by atoms with Gasteiger partial charge in [0.25, 0.3) is 0 Å². The maximum Gasteiger partial charge on any atom is 0.181 e. The van der Waals surface area contributed by atoms with Crippen LogP contribution in [0.4, 0.5) is 4.39 Å². The second-order valence-corrected chi connectivity index (χ2v) is 3.53. The lowest BCUT2D eigenvalue weighted by Crippen LogP contribution is -2.30. The Morgan fingerprint density at radius 2 is 2.33 bits per heavy atom. The summed E-state index contributed by atoms with van der Waals surface area (Å²) >= 11 is 5.77. The van der Waals surface area contributed by atoms with Gasteiger partial charge in [-0.2, -0.15) is 0 Å². The van der Waals surface area contributed by atoms with E-state index in [-0.39, 0.29) is 16.4 Å². The zero-order valence-corrected chi connectivity index (χ0v) is 8.80. The maximum atomic E-state index is 12.9. The topological polar surface area (TPSA) is 43.1 Å². The normalized spacial score (nSPS) is 12.2. The molecule has 1 rings (SSSR count). The number of rotatable bonds is 4. The first-order chi connectivity index (χ1) is 7.06. The minimum atomic E-state index is -0.721. The number of ketones is 1. The van der Waals surface area contributed by atoms with Gasteiger partial charge in [0.05, 0.1) is 11.1 Å². The van der Waals surface area contributed by atoms with Gasteiger partial charge in [0.15, 0.2) is 5.78 Å². The molecule has 0 saturated heterocycles. The van der Waals surface area contributed by atoms with E-state index in [2.05, 4.69) is 6.58 Å². The van der Waals surface area contributed by atoms with Crippen molar-refractivity contribution in [1.29, 1.82) is 0 Å². The quantitative estimate of drug-likeness (QED) is 0.635. The monoisotopic (exact) mass is 227 g/mol. The molecule has 0 radical (unpaired) electrons. The minimum absolute atomic E-state index is 0.117. The molecule has 15 heavy (non-hydrogen) atoms. The number of nitrogens with two attached hydrogens (primary N) is 1. The van der Waals surface area contributed by atoms with Crippen molar-refractivity contribution in [3.05, 3.63) is 47.3 Å². The molecule has 1 unspecified atom stereocenters. The third-order valence-electron chi connectivity index (χ3n) is 1.95. The van der Waals surface area contributed by atoms with Gasteiger partial charge >= 0.3 is 0 Å². The fourth-order valence-electron chi connectivity index (χ4n) is 1.17. The van der Waals surface area contributed by atoms with Gasteiger partial charge in [-0.25, -0.2) is 4.39 Å². The maximum absolute atomic E-state index is 12.9. The molecule has 0 heterocycles. The van der Waals surface area contributed by atoms with Crippen LogP contribution in [0.1, 0.15) is 16.8 Å². The summed E-state index contributed by atoms with van der Waals surface area (Å²) in [7, 11) is 0. The van der Waals surface area contributed by atoms with Gasteiger partial charge in [-0.05, 0) is 24.6 Å². The number of benzene rings is 1. The number of carbonyl (C=O) groups is 1. The van der Waals surface area contributed by atoms with E-state index in [1.54, 1.807) is 0 Å². The fourth-order valence-corrected chi connectivity index (χ4v) is 1.38. The lowest BCUT2D eigenvalue weighted by atomic mass is 10.0. The highest BCUT2D eigenvalue weighted by atomic mass is 35.5. The van der Waals surface area contributed by atoms with Crippen LogP contribution in [0.3, 0.4) is 0 Å². The van der Waals surface area contributed by atoms with Crippen LogP contribution in [0.15, 0.2) is 30.9 Å². The Morgan fingerprint density at radius 1 is 1.67 bits per heavy atom. The van der Waals surface area contributed by atoms with Crippen LogP contribution in [-0.4, -0.2) is 11.8 Å². The lowest BCUT2D eigenvalue weighted by Gasteiger charge is -2.09. The molecule has 0 saturated carbocycles. The molecule has 0 aromatic heterocycles. The van der Waals surface area contributed by atoms with Crippen molar-refractivity contribution in [2.45, 2.75) is 12.5 Å². The van der Waals surface area contributed by atoms with Crippen molar-refractivity contribution >= 4 is 17.4 Å². The summed E-state index contributed by atoms with van der Waals surface area (Å²) in [5, 5.41) is 0.209. The van der Waals surface area contributed by atoms with Gasteiger partial charge in [-0.3, -0.25) is 4.79 Å². The van der Waals surface area contributed by atoms with Crippen LogP contribution in [-0.2, 0) is 0 Å². The summed E-state index contributed by atoms with van der Waals surface area (Å²) in [6.07, 6.45) is 1.88. The van der Waals surface area contributed by atoms with Crippen molar-refractivity contribution in [2.75, 3.05) is 0 Å². The minimum Gasteiger partial charge on any atom is -0.321 e. The van der Waals surface area contributed by atoms with E-state index in [9.17, 15) is 9.18 Å². The molecule has 4 heteroatoms. The van der Waals surface area contributed by atoms with Crippen molar-refractivity contribution in [1.82, 2.24) is 0 Å². The van der Waals surface area contributed by atoms with Crippen LogP contribution in [0.2, 0.25) is 5.02 Å². The number of hydrogen-bond acceptors (Lipinski definition) is 2. The Morgan fingerprint density at radius 3 is 2.93 bits per heavy atom. The molecule has 0 aliphatic carbocycles. The third-order valence-corrected chi connectivity index (χ3v) is 2.28. The summed E-state index contributed by atoms with van der Waals surface area (Å²) in [5.74, 6) is -0.882. The van der Waals surface area contributed by atoms with Gasteiger partial charge < -0.3 is 5.73 Å². The third kappa shape index (κ3) is 2.88. The molecule has 2 N–H and O–H groups in total. The zero-order chi connectivity index (χ0) is 11.4. The van der Waals surface area contributed by atoms with E-state index >= 15 is 0 Å². The van der Waals surface area contributed by atoms with E-state index in [1.807, 2.05) is 0 Å². The standard InChI is InChI=1S/C11H11ClFNO/c1-2-3-10(14)11(15)8-6-7(13)4-5-9(8)12/h2,4-6,10H,1,3,14H2. The second kappa shape index (κ2) is 5.05. The zero-order valence-electron chi connectivity index (χ0n) is 8.04. The highest BCUT2D eigenvalue weighted by Crippen LogP contribution is 2.19. The van der Waals surface area contributed by atoms with Gasteiger partial charge in [-0.1, -0.05) is 17.7 Å².